The van der Waals surface area contributed by atoms with E-state index in [4.69, 9.17) is 69.3 Å². The second-order valence-corrected chi connectivity index (χ2v) is 24.2. The van der Waals surface area contributed by atoms with E-state index < -0.39 is 18.9 Å². The van der Waals surface area contributed by atoms with Crippen molar-refractivity contribution in [3.05, 3.63) is 271 Å². The molecule has 538 valence electrons. The second-order valence-electron chi connectivity index (χ2n) is 23.3. The Bertz CT molecular complexity index is 4900. The number of nitrogens with two attached hydrogens (primary N) is 3. The molecule has 0 radical (unpaired) electrons. The number of fused-ring (bicyclic) bond motifs is 3. The number of hydrogen-bond acceptors (Lipinski definition) is 17. The molecule has 3 heterocycles. The van der Waals surface area contributed by atoms with Gasteiger partial charge < -0.3 is 74.8 Å². The van der Waals surface area contributed by atoms with Gasteiger partial charge in [0, 0.05) is 96.9 Å². The second kappa shape index (κ2) is 39.9. The predicted octanol–water partition coefficient (Wildman–Crippen LogP) is 12.3. The van der Waals surface area contributed by atoms with Crippen LogP contribution in [0.1, 0.15) is 80.6 Å². The van der Waals surface area contributed by atoms with E-state index >= 15 is 8.78 Å². The fourth-order valence-electron chi connectivity index (χ4n) is 11.2. The summed E-state index contributed by atoms with van der Waals surface area (Å²) < 4.78 is 89.3. The van der Waals surface area contributed by atoms with E-state index in [9.17, 15) is 18.8 Å². The molecule has 25 heteroatoms. The SMILES string of the molecule is CCOC(=O)Cc1ccccc1OCc1cc(-c2cccc(CN)c2F)c2occ(C)c2c1.CCOC(=O)Cc1ccccc1OCc1cc(Br)c2occ(C)c2c1.Cc1coc2c(-c3cccc(CN)c3F)cc(COc3ccccc3CC(=O)O)cc12.Cl.NCc1cccc(B(O)O)c1F.[Li+].[OH-]. The first-order valence-electron chi connectivity index (χ1n) is 32.4. The standard InChI is InChI=1S/C27H26FNO4.C25H22FNO4.C20H19BrO4.C7H9BFNO2.ClH.Li.H2O/c1-3-31-25(30)13-19-7-4-5-10-24(19)32-16-18-11-22-17(2)15-33-27(22)23(12-18)21-9-6-8-20(14-29)26(21)28;1-15-13-31-25-20(15)9-16(10-21(25)19-7-4-6-18(12-27)24(19)26)14-30-22-8-3-2-5-17(22)11-23(28)29;1-3-23-19(22)10-15-6-4-5-7-18(15)24-12-14-8-16-13(2)11-25-20(16)17(21)9-14;9-7-5(4-10)2-1-3-6(7)8(11)12;;;/h4-12,15H,3,13-14,16,29H2,1-2H3;2-10,13H,11-12,14,27H2,1H3,(H,28,29);4-9,11H,3,10,12H2,1-2H3;1-3,11-12H,4,10H2;1H;;1H2/q;;;;;+1;/p-1. The van der Waals surface area contributed by atoms with E-state index in [1.165, 1.54) is 18.2 Å². The number of aliphatic carboxylic acids is 1. The molecule has 9 aromatic carbocycles. The quantitative estimate of drug-likeness (QED) is 0.0256. The molecular formula is C79H78BBrClF3LiN3O15. The number of hydrogen-bond donors (Lipinski definition) is 6. The largest absolute Gasteiger partial charge is 1.00 e. The van der Waals surface area contributed by atoms with Gasteiger partial charge in [-0.1, -0.05) is 109 Å². The molecule has 0 spiro atoms. The smallest absolute Gasteiger partial charge is 0.870 e. The molecule has 0 saturated heterocycles. The Morgan fingerprint density at radius 1 is 0.462 bits per heavy atom. The number of rotatable bonds is 23. The van der Waals surface area contributed by atoms with Gasteiger partial charge in [-0.2, -0.15) is 0 Å². The minimum Gasteiger partial charge on any atom is -0.870 e. The number of benzene rings is 9. The maximum absolute atomic E-state index is 15.1. The molecule has 3 aromatic heterocycles. The van der Waals surface area contributed by atoms with Crippen LogP contribution in [0.5, 0.6) is 17.2 Å². The van der Waals surface area contributed by atoms with Gasteiger partial charge in [0.05, 0.1) is 55.7 Å². The van der Waals surface area contributed by atoms with Gasteiger partial charge in [0.15, 0.2) is 0 Å². The Morgan fingerprint density at radius 3 is 1.17 bits per heavy atom. The molecule has 18 nitrogen and oxygen atoms in total. The maximum atomic E-state index is 15.1. The van der Waals surface area contributed by atoms with Crippen molar-refractivity contribution in [3.8, 4) is 39.5 Å². The van der Waals surface area contributed by atoms with E-state index in [-0.39, 0.29) is 123 Å². The van der Waals surface area contributed by atoms with Crippen molar-refractivity contribution in [1.82, 2.24) is 0 Å². The minimum atomic E-state index is -1.78. The van der Waals surface area contributed by atoms with Gasteiger partial charge in [-0.15, -0.1) is 12.4 Å². The van der Waals surface area contributed by atoms with Crippen molar-refractivity contribution < 1.29 is 104 Å². The Morgan fingerprint density at radius 2 is 0.798 bits per heavy atom. The van der Waals surface area contributed by atoms with E-state index in [0.717, 1.165) is 70.7 Å². The van der Waals surface area contributed by atoms with Crippen LogP contribution >= 0.6 is 28.3 Å². The Hall–Kier alpha value is -9.61. The number of furan rings is 3. The van der Waals surface area contributed by atoms with Crippen LogP contribution in [0.4, 0.5) is 13.2 Å². The summed E-state index contributed by atoms with van der Waals surface area (Å²) in [6.45, 7) is 11.3. The predicted molar refractivity (Wildman–Crippen MR) is 395 cm³/mol. The zero-order valence-corrected chi connectivity index (χ0v) is 60.5. The number of ether oxygens (including phenoxy) is 5. The average Bonchev–Trinajstić information content (AvgIpc) is 1.54. The van der Waals surface area contributed by atoms with Crippen LogP contribution in [0, 0.1) is 38.2 Å². The zero-order valence-electron chi connectivity index (χ0n) is 58.1. The van der Waals surface area contributed by atoms with Crippen molar-refractivity contribution in [2.75, 3.05) is 13.2 Å². The first-order valence-corrected chi connectivity index (χ1v) is 33.1. The molecule has 0 saturated carbocycles. The Balaban J connectivity index is 0.000000225. The summed E-state index contributed by atoms with van der Waals surface area (Å²) in [4.78, 5) is 34.8. The third-order valence-electron chi connectivity index (χ3n) is 16.2. The first kappa shape index (κ1) is 83.3. The third-order valence-corrected chi connectivity index (χ3v) is 16.8. The molecule has 0 unspecified atom stereocenters. The molecule has 10 N–H and O–H groups in total. The third kappa shape index (κ3) is 21.1. The van der Waals surface area contributed by atoms with E-state index in [1.807, 2.05) is 99.6 Å². The molecule has 0 atom stereocenters. The molecular weight excluding hydrogens is 1420 g/mol. The summed E-state index contributed by atoms with van der Waals surface area (Å²) in [5.41, 5.74) is 29.6. The summed E-state index contributed by atoms with van der Waals surface area (Å²) in [6.07, 6.45) is 5.26. The van der Waals surface area contributed by atoms with E-state index in [1.54, 1.807) is 93.3 Å². The van der Waals surface area contributed by atoms with Gasteiger partial charge in [-0.3, -0.25) is 14.4 Å². The van der Waals surface area contributed by atoms with Crippen LogP contribution in [0.25, 0.3) is 55.2 Å². The van der Waals surface area contributed by atoms with Crippen molar-refractivity contribution in [2.24, 2.45) is 17.2 Å². The number of aryl methyl sites for hydroxylation is 3. The minimum absolute atomic E-state index is 0. The molecule has 12 aromatic rings. The van der Waals surface area contributed by atoms with Gasteiger partial charge in [0.2, 0.25) is 0 Å². The zero-order chi connectivity index (χ0) is 72.3. The van der Waals surface area contributed by atoms with Crippen LogP contribution in [0.15, 0.2) is 200 Å². The monoisotopic (exact) mass is 1500 g/mol. The van der Waals surface area contributed by atoms with Crippen LogP contribution in [0.2, 0.25) is 0 Å². The summed E-state index contributed by atoms with van der Waals surface area (Å²) in [7, 11) is -1.78. The first-order chi connectivity index (χ1) is 48.7. The molecule has 0 aliphatic carbocycles. The summed E-state index contributed by atoms with van der Waals surface area (Å²) in [5.74, 6) is -1.05. The van der Waals surface area contributed by atoms with Gasteiger partial charge in [-0.25, -0.2) is 13.2 Å². The van der Waals surface area contributed by atoms with Crippen LogP contribution in [-0.2, 0) is 82.6 Å². The van der Waals surface area contributed by atoms with Crippen molar-refractivity contribution in [1.29, 1.82) is 0 Å². The number of carbonyl (C=O) groups is 3. The maximum Gasteiger partial charge on any atom is 1.00 e. The average molecular weight is 1500 g/mol. The molecule has 0 aliphatic heterocycles. The summed E-state index contributed by atoms with van der Waals surface area (Å²) >= 11 is 3.54. The van der Waals surface area contributed by atoms with Crippen LogP contribution in [0.3, 0.4) is 0 Å². The molecule has 12 rings (SSSR count). The van der Waals surface area contributed by atoms with Crippen molar-refractivity contribution in [3.63, 3.8) is 0 Å². The normalized spacial score (nSPS) is 10.6. The molecule has 0 aliphatic rings. The molecule has 0 amide bonds. The number of halogens is 5. The fourth-order valence-corrected chi connectivity index (χ4v) is 11.8. The number of esters is 2. The summed E-state index contributed by atoms with van der Waals surface area (Å²) in [6, 6.07) is 48.3. The van der Waals surface area contributed by atoms with E-state index in [2.05, 4.69) is 22.0 Å². The molecule has 0 fully saturated rings. The summed E-state index contributed by atoms with van der Waals surface area (Å²) in [5, 5.41) is 29.3. The van der Waals surface area contributed by atoms with Crippen LogP contribution in [-0.4, -0.2) is 58.9 Å². The van der Waals surface area contributed by atoms with Crippen molar-refractivity contribution in [2.45, 2.75) is 93.3 Å². The number of carboxylic acids is 1. The molecule has 0 bridgehead atoms. The van der Waals surface area contributed by atoms with Crippen molar-refractivity contribution >= 4 is 91.7 Å². The fraction of sp³-hybridized carbons (Fsp3) is 0.203. The van der Waals surface area contributed by atoms with Gasteiger partial charge >= 0.3 is 43.9 Å². The molecule has 104 heavy (non-hydrogen) atoms. The Labute approximate surface area is 626 Å². The number of carbonyl (C=O) groups excluding carboxylic acids is 2. The van der Waals surface area contributed by atoms with Gasteiger partial charge in [0.1, 0.15) is 71.3 Å². The van der Waals surface area contributed by atoms with E-state index in [0.29, 0.717) is 87.2 Å². The number of para-hydroxylation sites is 3. The topological polar surface area (TPSA) is 306 Å². The number of carboxylic acid groups (broad SMARTS) is 1. The van der Waals surface area contributed by atoms with Gasteiger partial charge in [-0.05, 0) is 139 Å². The van der Waals surface area contributed by atoms with Gasteiger partial charge in [0.25, 0.3) is 0 Å². The Kier molecular flexibility index (Phi) is 32.0. The van der Waals surface area contributed by atoms with Crippen LogP contribution < -0.4 is 55.7 Å².